The van der Waals surface area contributed by atoms with Crippen molar-refractivity contribution >= 4 is 11.8 Å². The molecule has 5 rings (SSSR count). The SMILES string of the molecule is CC(C)COc1cc2c(c(C(=O)N[C@H](C)c3ccccc3)c1)[C@@H]1C[C@@H]3NCCC[C@@H]3C(=O)N1CC2. The smallest absolute Gasteiger partial charge is 0.252 e. The minimum atomic E-state index is -0.128. The molecule has 4 atom stereocenters. The van der Waals surface area contributed by atoms with E-state index in [2.05, 4.69) is 30.5 Å². The van der Waals surface area contributed by atoms with Crippen LogP contribution in [0.1, 0.15) is 79.2 Å². The zero-order chi connectivity index (χ0) is 24.5. The van der Waals surface area contributed by atoms with Gasteiger partial charge in [-0.1, -0.05) is 44.2 Å². The highest BCUT2D eigenvalue weighted by atomic mass is 16.5. The second-order valence-corrected chi connectivity index (χ2v) is 10.7. The average molecular weight is 476 g/mol. The van der Waals surface area contributed by atoms with E-state index in [-0.39, 0.29) is 35.9 Å². The van der Waals surface area contributed by atoms with Crippen LogP contribution in [0.2, 0.25) is 0 Å². The maximum Gasteiger partial charge on any atom is 0.252 e. The Bertz CT molecular complexity index is 1080. The summed E-state index contributed by atoms with van der Waals surface area (Å²) in [5, 5.41) is 6.79. The normalized spacial score (nSPS) is 24.3. The van der Waals surface area contributed by atoms with Crippen LogP contribution in [0.5, 0.6) is 5.75 Å². The molecule has 0 bridgehead atoms. The summed E-state index contributed by atoms with van der Waals surface area (Å²) in [7, 11) is 0. The van der Waals surface area contributed by atoms with Gasteiger partial charge in [0.25, 0.3) is 5.91 Å². The molecule has 0 unspecified atom stereocenters. The molecule has 2 amide bonds. The van der Waals surface area contributed by atoms with Crippen molar-refractivity contribution in [1.29, 1.82) is 0 Å². The first-order chi connectivity index (χ1) is 16.9. The lowest BCUT2D eigenvalue weighted by Crippen LogP contribution is -2.58. The predicted molar refractivity (Wildman–Crippen MR) is 136 cm³/mol. The van der Waals surface area contributed by atoms with E-state index >= 15 is 0 Å². The maximum atomic E-state index is 13.7. The van der Waals surface area contributed by atoms with Crippen molar-refractivity contribution in [3.8, 4) is 5.75 Å². The number of nitrogens with one attached hydrogen (secondary N) is 2. The monoisotopic (exact) mass is 475 g/mol. The Hall–Kier alpha value is -2.86. The Morgan fingerprint density at radius 2 is 2.00 bits per heavy atom. The van der Waals surface area contributed by atoms with E-state index in [1.54, 1.807) is 0 Å². The molecule has 2 N–H and O–H groups in total. The van der Waals surface area contributed by atoms with Crippen LogP contribution in [-0.2, 0) is 11.2 Å². The summed E-state index contributed by atoms with van der Waals surface area (Å²) < 4.78 is 6.08. The number of rotatable bonds is 6. The Morgan fingerprint density at radius 1 is 1.20 bits per heavy atom. The molecule has 6 heteroatoms. The van der Waals surface area contributed by atoms with E-state index in [1.165, 1.54) is 0 Å². The van der Waals surface area contributed by atoms with Gasteiger partial charge >= 0.3 is 0 Å². The molecular weight excluding hydrogens is 438 g/mol. The topological polar surface area (TPSA) is 70.7 Å². The fraction of sp³-hybridized carbons (Fsp3) is 0.517. The summed E-state index contributed by atoms with van der Waals surface area (Å²) in [5.41, 5.74) is 3.84. The minimum Gasteiger partial charge on any atom is -0.493 e. The molecule has 2 aromatic rings. The van der Waals surface area contributed by atoms with Crippen molar-refractivity contribution in [1.82, 2.24) is 15.5 Å². The first-order valence-electron chi connectivity index (χ1n) is 13.1. The molecule has 2 aromatic carbocycles. The van der Waals surface area contributed by atoms with Gasteiger partial charge in [-0.15, -0.1) is 0 Å². The molecule has 186 valence electrons. The summed E-state index contributed by atoms with van der Waals surface area (Å²) in [4.78, 5) is 29.2. The van der Waals surface area contributed by atoms with Gasteiger partial charge in [0.1, 0.15) is 5.75 Å². The lowest BCUT2D eigenvalue weighted by atomic mass is 9.75. The van der Waals surface area contributed by atoms with Gasteiger partial charge in [0.05, 0.1) is 24.6 Å². The molecule has 3 aliphatic heterocycles. The van der Waals surface area contributed by atoms with Crippen molar-refractivity contribution in [3.63, 3.8) is 0 Å². The highest BCUT2D eigenvalue weighted by Crippen LogP contribution is 2.44. The van der Waals surface area contributed by atoms with E-state index in [9.17, 15) is 9.59 Å². The van der Waals surface area contributed by atoms with E-state index < -0.39 is 0 Å². The molecule has 0 radical (unpaired) electrons. The van der Waals surface area contributed by atoms with Crippen molar-refractivity contribution in [2.75, 3.05) is 19.7 Å². The minimum absolute atomic E-state index is 0.0607. The number of amides is 2. The molecule has 35 heavy (non-hydrogen) atoms. The molecule has 6 nitrogen and oxygen atoms in total. The van der Waals surface area contributed by atoms with Crippen molar-refractivity contribution in [2.45, 2.75) is 64.6 Å². The van der Waals surface area contributed by atoms with E-state index in [0.29, 0.717) is 24.6 Å². The summed E-state index contributed by atoms with van der Waals surface area (Å²) >= 11 is 0. The van der Waals surface area contributed by atoms with E-state index in [4.69, 9.17) is 4.74 Å². The molecule has 0 spiro atoms. The third kappa shape index (κ3) is 4.81. The zero-order valence-corrected chi connectivity index (χ0v) is 21.0. The number of benzene rings is 2. The van der Waals surface area contributed by atoms with Gasteiger partial charge in [0.15, 0.2) is 0 Å². The van der Waals surface area contributed by atoms with Crippen LogP contribution in [0.4, 0.5) is 0 Å². The van der Waals surface area contributed by atoms with Gasteiger partial charge in [-0.3, -0.25) is 9.59 Å². The van der Waals surface area contributed by atoms with Crippen molar-refractivity contribution in [3.05, 3.63) is 64.7 Å². The molecule has 3 heterocycles. The number of nitrogens with zero attached hydrogens (tertiary/aromatic N) is 1. The second-order valence-electron chi connectivity index (χ2n) is 10.7. The summed E-state index contributed by atoms with van der Waals surface area (Å²) in [6, 6.07) is 14.0. The Kier molecular flexibility index (Phi) is 6.83. The lowest BCUT2D eigenvalue weighted by Gasteiger charge is -2.48. The Morgan fingerprint density at radius 3 is 2.77 bits per heavy atom. The highest BCUT2D eigenvalue weighted by molar-refractivity contribution is 5.97. The molecule has 2 saturated heterocycles. The summed E-state index contributed by atoms with van der Waals surface area (Å²) in [6.07, 6.45) is 3.60. The molecular formula is C29H37N3O3. The Balaban J connectivity index is 1.50. The largest absolute Gasteiger partial charge is 0.493 e. The van der Waals surface area contributed by atoms with Crippen LogP contribution in [-0.4, -0.2) is 42.5 Å². The van der Waals surface area contributed by atoms with E-state index in [1.807, 2.05) is 48.2 Å². The van der Waals surface area contributed by atoms with Crippen LogP contribution in [0.25, 0.3) is 0 Å². The van der Waals surface area contributed by atoms with E-state index in [0.717, 1.165) is 54.7 Å². The van der Waals surface area contributed by atoms with Crippen molar-refractivity contribution < 1.29 is 14.3 Å². The molecule has 0 aliphatic carbocycles. The van der Waals surface area contributed by atoms with Gasteiger partial charge in [0.2, 0.25) is 5.91 Å². The first kappa shape index (κ1) is 23.9. The quantitative estimate of drug-likeness (QED) is 0.649. The number of carbonyl (C=O) groups is 2. The number of carbonyl (C=O) groups excluding carboxylic acids is 2. The van der Waals surface area contributed by atoms with Crippen LogP contribution in [0.15, 0.2) is 42.5 Å². The average Bonchev–Trinajstić information content (AvgIpc) is 2.87. The number of hydrogen-bond donors (Lipinski definition) is 2. The lowest BCUT2D eigenvalue weighted by molar-refractivity contribution is -0.145. The summed E-state index contributed by atoms with van der Waals surface area (Å²) in [5.74, 6) is 1.32. The van der Waals surface area contributed by atoms with Crippen LogP contribution in [0.3, 0.4) is 0 Å². The zero-order valence-electron chi connectivity index (χ0n) is 21.0. The van der Waals surface area contributed by atoms with Gasteiger partial charge in [-0.05, 0) is 73.9 Å². The third-order valence-electron chi connectivity index (χ3n) is 7.71. The fourth-order valence-corrected chi connectivity index (χ4v) is 5.93. The van der Waals surface area contributed by atoms with Gasteiger partial charge in [-0.2, -0.15) is 0 Å². The number of hydrogen-bond acceptors (Lipinski definition) is 4. The molecule has 0 aromatic heterocycles. The number of ether oxygens (including phenoxy) is 1. The number of fused-ring (bicyclic) bond motifs is 4. The molecule has 2 fully saturated rings. The predicted octanol–water partition coefficient (Wildman–Crippen LogP) is 4.41. The molecule has 3 aliphatic rings. The van der Waals surface area contributed by atoms with Crippen molar-refractivity contribution in [2.24, 2.45) is 11.8 Å². The third-order valence-corrected chi connectivity index (χ3v) is 7.71. The second kappa shape index (κ2) is 10.0. The number of piperidine rings is 2. The molecule has 0 saturated carbocycles. The standard InChI is InChI=1S/C29H37N3O3/c1-18(2)17-35-22-14-21-11-13-32-26(16-25-23(29(32)34)10-7-12-30-25)27(21)24(15-22)28(33)31-19(3)20-8-5-4-6-9-20/h4-6,8-9,14-15,18-19,23,25-26,30H,7,10-13,16-17H2,1-3H3,(H,31,33)/t19-,23+,25+,26+/m1/s1. The van der Waals surface area contributed by atoms with Crippen LogP contribution >= 0.6 is 0 Å². The summed E-state index contributed by atoms with van der Waals surface area (Å²) in [6.45, 7) is 8.50. The Labute approximate surface area is 208 Å². The van der Waals surface area contributed by atoms with Gasteiger partial charge in [-0.25, -0.2) is 0 Å². The maximum absolute atomic E-state index is 13.7. The fourth-order valence-electron chi connectivity index (χ4n) is 5.93. The van der Waals surface area contributed by atoms with Gasteiger partial charge in [0, 0.05) is 18.2 Å². The van der Waals surface area contributed by atoms with Crippen LogP contribution in [0, 0.1) is 11.8 Å². The first-order valence-corrected chi connectivity index (χ1v) is 13.1. The van der Waals surface area contributed by atoms with Crippen LogP contribution < -0.4 is 15.4 Å². The van der Waals surface area contributed by atoms with Gasteiger partial charge < -0.3 is 20.3 Å². The highest BCUT2D eigenvalue weighted by Gasteiger charge is 2.46.